The van der Waals surface area contributed by atoms with E-state index in [1.54, 1.807) is 6.26 Å². The van der Waals surface area contributed by atoms with Gasteiger partial charge in [-0.3, -0.25) is 0 Å². The largest absolute Gasteiger partial charge is 0.501 e. The molecule has 1 heterocycles. The van der Waals surface area contributed by atoms with E-state index in [1.165, 1.54) is 13.8 Å². The summed E-state index contributed by atoms with van der Waals surface area (Å²) in [6, 6.07) is 0. The average Bonchev–Trinajstić information content (AvgIpc) is 2.33. The fourth-order valence-corrected chi connectivity index (χ4v) is 0.542. The van der Waals surface area contributed by atoms with Crippen molar-refractivity contribution in [1.29, 1.82) is 0 Å². The van der Waals surface area contributed by atoms with Crippen LogP contribution in [0.2, 0.25) is 0 Å². The van der Waals surface area contributed by atoms with Crippen LogP contribution >= 0.6 is 0 Å². The molecule has 0 bridgehead atoms. The molecule has 0 aromatic heterocycles. The summed E-state index contributed by atoms with van der Waals surface area (Å²) in [6.07, 6.45) is 2.52. The Hall–Kier alpha value is 0.0694. The van der Waals surface area contributed by atoms with E-state index in [9.17, 15) is 0 Å². The van der Waals surface area contributed by atoms with Crippen molar-refractivity contribution in [1.82, 2.24) is 0 Å². The van der Waals surface area contributed by atoms with Crippen molar-refractivity contribution in [2.45, 2.75) is 26.1 Å². The van der Waals surface area contributed by atoms with Crippen LogP contribution in [-0.4, -0.2) is 34.3 Å². The monoisotopic (exact) mass is 369 g/mol. The van der Waals surface area contributed by atoms with Gasteiger partial charge in [-0.1, -0.05) is 0 Å². The molecule has 0 fully saturated rings. The van der Waals surface area contributed by atoms with Crippen molar-refractivity contribution in [3.05, 3.63) is 11.8 Å². The molecule has 0 aliphatic carbocycles. The Labute approximate surface area is 91.6 Å². The van der Waals surface area contributed by atoms with Gasteiger partial charge in [0.25, 0.3) is 0 Å². The maximum absolute atomic E-state index is 8.42. The second-order valence-corrected chi connectivity index (χ2v) is 3.05. The number of rotatable bonds is 1. The molecule has 1 aliphatic rings. The van der Waals surface area contributed by atoms with Crippen molar-refractivity contribution in [3.8, 4) is 0 Å². The van der Waals surface area contributed by atoms with Crippen molar-refractivity contribution < 1.29 is 40.2 Å². The van der Waals surface area contributed by atoms with E-state index >= 15 is 0 Å². The number of hydrogen-bond acceptors (Lipinski definition) is 4. The predicted octanol–water partition coefficient (Wildman–Crippen LogP) is -0.0125. The van der Waals surface area contributed by atoms with Gasteiger partial charge in [0, 0.05) is 26.5 Å². The second-order valence-electron chi connectivity index (χ2n) is 3.05. The van der Waals surface area contributed by atoms with Gasteiger partial charge < -0.3 is 20.1 Å². The number of aliphatic hydroxyl groups excluding tert-OH is 1. The SMILES string of the molecule is CC(C)(O)O.OCC1=COCC1.[Ir]. The first-order valence-corrected chi connectivity index (χ1v) is 3.78. The number of aliphatic hydroxyl groups is 3. The van der Waals surface area contributed by atoms with Crippen LogP contribution in [0.15, 0.2) is 11.8 Å². The van der Waals surface area contributed by atoms with Gasteiger partial charge in [0.1, 0.15) is 0 Å². The van der Waals surface area contributed by atoms with E-state index in [2.05, 4.69) is 0 Å². The Kier molecular flexibility index (Phi) is 8.93. The van der Waals surface area contributed by atoms with Gasteiger partial charge in [-0.25, -0.2) is 0 Å². The standard InChI is InChI=1S/C5H8O2.C3H8O2.Ir/c6-3-5-1-2-7-4-5;1-3(2,4)5;/h4,6H,1-3H2;4-5H,1-2H3;. The summed E-state index contributed by atoms with van der Waals surface area (Å²) >= 11 is 0. The van der Waals surface area contributed by atoms with Crippen LogP contribution in [0.5, 0.6) is 0 Å². The Morgan fingerprint density at radius 1 is 1.46 bits per heavy atom. The summed E-state index contributed by atoms with van der Waals surface area (Å²) < 4.78 is 4.83. The Bertz CT molecular complexity index is 145. The molecule has 81 valence electrons. The summed E-state index contributed by atoms with van der Waals surface area (Å²) in [5.74, 6) is -1.50. The summed E-state index contributed by atoms with van der Waals surface area (Å²) in [5, 5.41) is 24.6. The average molecular weight is 368 g/mol. The van der Waals surface area contributed by atoms with E-state index in [-0.39, 0.29) is 26.7 Å². The number of hydrogen-bond donors (Lipinski definition) is 3. The molecule has 13 heavy (non-hydrogen) atoms. The van der Waals surface area contributed by atoms with Crippen LogP contribution in [0.25, 0.3) is 0 Å². The molecule has 1 radical (unpaired) electrons. The van der Waals surface area contributed by atoms with Gasteiger partial charge in [0.05, 0.1) is 19.5 Å². The first-order chi connectivity index (χ1) is 5.43. The van der Waals surface area contributed by atoms with Crippen LogP contribution in [0.3, 0.4) is 0 Å². The van der Waals surface area contributed by atoms with Gasteiger partial charge in [0.2, 0.25) is 0 Å². The third-order valence-electron chi connectivity index (χ3n) is 0.994. The molecule has 0 atom stereocenters. The third kappa shape index (κ3) is 14.9. The zero-order valence-corrected chi connectivity index (χ0v) is 10.2. The molecular weight excluding hydrogens is 352 g/mol. The van der Waals surface area contributed by atoms with Crippen LogP contribution in [0.4, 0.5) is 0 Å². The Morgan fingerprint density at radius 2 is 1.92 bits per heavy atom. The Balaban J connectivity index is 0. The minimum absolute atomic E-state index is 0. The zero-order chi connectivity index (χ0) is 9.61. The molecule has 4 nitrogen and oxygen atoms in total. The van der Waals surface area contributed by atoms with Crippen LogP contribution in [0, 0.1) is 0 Å². The minimum Gasteiger partial charge on any atom is -0.501 e. The fourth-order valence-electron chi connectivity index (χ4n) is 0.542. The minimum atomic E-state index is -1.50. The smallest absolute Gasteiger partial charge is 0.156 e. The predicted molar refractivity (Wildman–Crippen MR) is 44.3 cm³/mol. The van der Waals surface area contributed by atoms with Gasteiger partial charge in [-0.05, 0) is 19.4 Å². The normalized spacial score (nSPS) is 14.7. The molecule has 3 N–H and O–H groups in total. The van der Waals surface area contributed by atoms with E-state index in [0.29, 0.717) is 0 Å². The molecule has 0 saturated carbocycles. The molecule has 0 saturated heterocycles. The topological polar surface area (TPSA) is 69.9 Å². The molecule has 0 aromatic carbocycles. The maximum Gasteiger partial charge on any atom is 0.156 e. The van der Waals surface area contributed by atoms with Gasteiger partial charge >= 0.3 is 0 Å². The third-order valence-corrected chi connectivity index (χ3v) is 0.994. The summed E-state index contributed by atoms with van der Waals surface area (Å²) in [7, 11) is 0. The quantitative estimate of drug-likeness (QED) is 0.570. The molecule has 1 rings (SSSR count). The van der Waals surface area contributed by atoms with Crippen molar-refractivity contribution in [2.75, 3.05) is 13.2 Å². The number of ether oxygens (including phenoxy) is 1. The van der Waals surface area contributed by atoms with Crippen molar-refractivity contribution in [3.63, 3.8) is 0 Å². The van der Waals surface area contributed by atoms with Gasteiger partial charge in [-0.15, -0.1) is 0 Å². The summed E-state index contributed by atoms with van der Waals surface area (Å²) in [5.41, 5.74) is 1.00. The van der Waals surface area contributed by atoms with Crippen molar-refractivity contribution in [2.24, 2.45) is 0 Å². The molecule has 0 amide bonds. The molecule has 1 aliphatic heterocycles. The first-order valence-electron chi connectivity index (χ1n) is 3.78. The molecule has 0 aromatic rings. The maximum atomic E-state index is 8.42. The fraction of sp³-hybridized carbons (Fsp3) is 0.750. The molecule has 0 unspecified atom stereocenters. The second kappa shape index (κ2) is 7.47. The molecule has 0 spiro atoms. The molecular formula is C8H16IrO4. The molecule has 5 heteroatoms. The zero-order valence-electron chi connectivity index (χ0n) is 7.78. The van der Waals surface area contributed by atoms with E-state index < -0.39 is 5.79 Å². The van der Waals surface area contributed by atoms with Gasteiger partial charge in [-0.2, -0.15) is 0 Å². The van der Waals surface area contributed by atoms with Crippen LogP contribution in [-0.2, 0) is 24.8 Å². The van der Waals surface area contributed by atoms with Gasteiger partial charge in [0.15, 0.2) is 5.79 Å². The summed E-state index contributed by atoms with van der Waals surface area (Å²) in [4.78, 5) is 0. The van der Waals surface area contributed by atoms with Crippen LogP contribution in [0.1, 0.15) is 20.3 Å². The first kappa shape index (κ1) is 15.5. The van der Waals surface area contributed by atoms with Crippen molar-refractivity contribution >= 4 is 0 Å². The van der Waals surface area contributed by atoms with E-state index in [0.717, 1.165) is 18.6 Å². The van der Waals surface area contributed by atoms with E-state index in [4.69, 9.17) is 20.1 Å². The Morgan fingerprint density at radius 3 is 2.08 bits per heavy atom. The van der Waals surface area contributed by atoms with E-state index in [1.807, 2.05) is 0 Å². The summed E-state index contributed by atoms with van der Waals surface area (Å²) in [6.45, 7) is 3.50. The van der Waals surface area contributed by atoms with Crippen LogP contribution < -0.4 is 0 Å².